The van der Waals surface area contributed by atoms with Crippen LogP contribution in [0.5, 0.6) is 0 Å². The second-order valence-corrected chi connectivity index (χ2v) is 4.51. The molecule has 0 amide bonds. The molecular weight excluding hydrogens is 198 g/mol. The molecule has 1 heterocycles. The van der Waals surface area contributed by atoms with Crippen molar-refractivity contribution in [2.24, 2.45) is 13.0 Å². The Kier molecular flexibility index (Phi) is 6.16. The fourth-order valence-corrected chi connectivity index (χ4v) is 1.90. The van der Waals surface area contributed by atoms with E-state index in [-0.39, 0.29) is 0 Å². The van der Waals surface area contributed by atoms with E-state index in [1.165, 1.54) is 31.4 Å². The monoisotopic (exact) mass is 223 g/mol. The van der Waals surface area contributed by atoms with E-state index in [0.717, 1.165) is 18.9 Å². The molecule has 92 valence electrons. The predicted octanol–water partition coefficient (Wildman–Crippen LogP) is 2.38. The van der Waals surface area contributed by atoms with Crippen molar-refractivity contribution in [3.63, 3.8) is 0 Å². The molecule has 16 heavy (non-hydrogen) atoms. The van der Waals surface area contributed by atoms with Gasteiger partial charge in [-0.3, -0.25) is 4.68 Å². The second-order valence-electron chi connectivity index (χ2n) is 4.51. The summed E-state index contributed by atoms with van der Waals surface area (Å²) in [6.07, 6.45) is 8.95. The third-order valence-electron chi connectivity index (χ3n) is 3.17. The minimum atomic E-state index is 0.846. The molecular formula is C13H25N3. The van der Waals surface area contributed by atoms with Crippen molar-refractivity contribution in [1.82, 2.24) is 15.1 Å². The lowest BCUT2D eigenvalue weighted by Crippen LogP contribution is -2.23. The Morgan fingerprint density at radius 3 is 2.69 bits per heavy atom. The summed E-state index contributed by atoms with van der Waals surface area (Å²) >= 11 is 0. The van der Waals surface area contributed by atoms with Crippen molar-refractivity contribution in [2.75, 3.05) is 13.1 Å². The maximum absolute atomic E-state index is 4.17. The molecule has 0 unspecified atom stereocenters. The summed E-state index contributed by atoms with van der Waals surface area (Å²) in [6, 6.07) is 0. The van der Waals surface area contributed by atoms with E-state index in [4.69, 9.17) is 0 Å². The lowest BCUT2D eigenvalue weighted by atomic mass is 10.0. The summed E-state index contributed by atoms with van der Waals surface area (Å²) in [6.45, 7) is 6.82. The quantitative estimate of drug-likeness (QED) is 0.686. The standard InChI is InChI=1S/C13H25N3/c1-4-12(5-2)9-14-8-6-7-13-10-15-16(3)11-13/h10-12,14H,4-9H2,1-3H3. The van der Waals surface area contributed by atoms with E-state index >= 15 is 0 Å². The fourth-order valence-electron chi connectivity index (χ4n) is 1.90. The molecule has 1 aromatic heterocycles. The van der Waals surface area contributed by atoms with Gasteiger partial charge in [-0.15, -0.1) is 0 Å². The lowest BCUT2D eigenvalue weighted by Gasteiger charge is -2.12. The first kappa shape index (κ1) is 13.2. The molecule has 0 aliphatic heterocycles. The Morgan fingerprint density at radius 2 is 2.12 bits per heavy atom. The Bertz CT molecular complexity index is 276. The van der Waals surface area contributed by atoms with Gasteiger partial charge in [-0.05, 0) is 37.4 Å². The first-order valence-corrected chi connectivity index (χ1v) is 6.44. The molecule has 0 saturated heterocycles. The summed E-state index contributed by atoms with van der Waals surface area (Å²) in [5.74, 6) is 0.846. The van der Waals surface area contributed by atoms with Crippen LogP contribution in [-0.2, 0) is 13.5 Å². The van der Waals surface area contributed by atoms with Gasteiger partial charge >= 0.3 is 0 Å². The highest BCUT2D eigenvalue weighted by Crippen LogP contribution is 2.05. The molecule has 0 saturated carbocycles. The molecule has 0 aromatic carbocycles. The van der Waals surface area contributed by atoms with Crippen LogP contribution >= 0.6 is 0 Å². The van der Waals surface area contributed by atoms with Gasteiger partial charge in [-0.1, -0.05) is 26.7 Å². The fraction of sp³-hybridized carbons (Fsp3) is 0.769. The minimum absolute atomic E-state index is 0.846. The molecule has 1 rings (SSSR count). The van der Waals surface area contributed by atoms with Crippen molar-refractivity contribution < 1.29 is 0 Å². The molecule has 0 aliphatic carbocycles. The zero-order chi connectivity index (χ0) is 11.8. The Labute approximate surface area is 99.2 Å². The highest BCUT2D eigenvalue weighted by atomic mass is 15.2. The van der Waals surface area contributed by atoms with Crippen molar-refractivity contribution >= 4 is 0 Å². The third-order valence-corrected chi connectivity index (χ3v) is 3.17. The zero-order valence-corrected chi connectivity index (χ0v) is 10.9. The summed E-state index contributed by atoms with van der Waals surface area (Å²) in [5, 5.41) is 7.70. The summed E-state index contributed by atoms with van der Waals surface area (Å²) in [4.78, 5) is 0. The third kappa shape index (κ3) is 4.79. The van der Waals surface area contributed by atoms with E-state index in [0.29, 0.717) is 0 Å². The molecule has 3 heteroatoms. The highest BCUT2D eigenvalue weighted by Gasteiger charge is 2.02. The van der Waals surface area contributed by atoms with Crippen molar-refractivity contribution in [3.8, 4) is 0 Å². The topological polar surface area (TPSA) is 29.9 Å². The highest BCUT2D eigenvalue weighted by molar-refractivity contribution is 5.03. The van der Waals surface area contributed by atoms with Gasteiger partial charge in [0, 0.05) is 13.2 Å². The Morgan fingerprint density at radius 1 is 1.38 bits per heavy atom. The Balaban J connectivity index is 2.04. The van der Waals surface area contributed by atoms with E-state index in [1.54, 1.807) is 0 Å². The number of nitrogens with zero attached hydrogens (tertiary/aromatic N) is 2. The molecule has 0 aliphatic rings. The van der Waals surface area contributed by atoms with Crippen LogP contribution in [0, 0.1) is 5.92 Å². The van der Waals surface area contributed by atoms with Crippen LogP contribution < -0.4 is 5.32 Å². The number of rotatable bonds is 8. The average molecular weight is 223 g/mol. The average Bonchev–Trinajstić information content (AvgIpc) is 2.70. The van der Waals surface area contributed by atoms with Gasteiger partial charge in [0.15, 0.2) is 0 Å². The minimum Gasteiger partial charge on any atom is -0.316 e. The number of aryl methyl sites for hydroxylation is 2. The molecule has 0 fully saturated rings. The van der Waals surface area contributed by atoms with Crippen LogP contribution in [0.2, 0.25) is 0 Å². The van der Waals surface area contributed by atoms with Crippen LogP contribution in [0.3, 0.4) is 0 Å². The van der Waals surface area contributed by atoms with Crippen LogP contribution in [-0.4, -0.2) is 22.9 Å². The number of hydrogen-bond acceptors (Lipinski definition) is 2. The predicted molar refractivity (Wildman–Crippen MR) is 68.5 cm³/mol. The zero-order valence-electron chi connectivity index (χ0n) is 10.9. The maximum Gasteiger partial charge on any atom is 0.0521 e. The number of nitrogens with one attached hydrogen (secondary N) is 1. The molecule has 0 radical (unpaired) electrons. The van der Waals surface area contributed by atoms with Gasteiger partial charge in [0.05, 0.1) is 6.20 Å². The first-order chi connectivity index (χ1) is 7.76. The van der Waals surface area contributed by atoms with Gasteiger partial charge < -0.3 is 5.32 Å². The summed E-state index contributed by atoms with van der Waals surface area (Å²) in [7, 11) is 1.97. The lowest BCUT2D eigenvalue weighted by molar-refractivity contribution is 0.448. The van der Waals surface area contributed by atoms with E-state index in [9.17, 15) is 0 Å². The number of aromatic nitrogens is 2. The van der Waals surface area contributed by atoms with Crippen LogP contribution in [0.15, 0.2) is 12.4 Å². The van der Waals surface area contributed by atoms with E-state index < -0.39 is 0 Å². The Hall–Kier alpha value is -0.830. The second kappa shape index (κ2) is 7.44. The van der Waals surface area contributed by atoms with Crippen LogP contribution in [0.4, 0.5) is 0 Å². The molecule has 0 atom stereocenters. The summed E-state index contributed by atoms with van der Waals surface area (Å²) < 4.78 is 1.87. The van der Waals surface area contributed by atoms with Crippen molar-refractivity contribution in [1.29, 1.82) is 0 Å². The number of hydrogen-bond donors (Lipinski definition) is 1. The van der Waals surface area contributed by atoms with Gasteiger partial charge in [-0.2, -0.15) is 5.10 Å². The molecule has 1 aromatic rings. The molecule has 0 spiro atoms. The smallest absolute Gasteiger partial charge is 0.0521 e. The van der Waals surface area contributed by atoms with Crippen LogP contribution in [0.25, 0.3) is 0 Å². The molecule has 1 N–H and O–H groups in total. The molecule has 3 nitrogen and oxygen atoms in total. The SMILES string of the molecule is CCC(CC)CNCCCc1cnn(C)c1. The largest absolute Gasteiger partial charge is 0.316 e. The first-order valence-electron chi connectivity index (χ1n) is 6.44. The van der Waals surface area contributed by atoms with Gasteiger partial charge in [-0.25, -0.2) is 0 Å². The van der Waals surface area contributed by atoms with E-state index in [2.05, 4.69) is 30.5 Å². The summed E-state index contributed by atoms with van der Waals surface area (Å²) in [5.41, 5.74) is 1.34. The van der Waals surface area contributed by atoms with Gasteiger partial charge in [0.1, 0.15) is 0 Å². The van der Waals surface area contributed by atoms with Gasteiger partial charge in [0.2, 0.25) is 0 Å². The maximum atomic E-state index is 4.17. The van der Waals surface area contributed by atoms with Crippen LogP contribution in [0.1, 0.15) is 38.7 Å². The van der Waals surface area contributed by atoms with Crippen molar-refractivity contribution in [3.05, 3.63) is 18.0 Å². The normalized spacial score (nSPS) is 11.2. The van der Waals surface area contributed by atoms with E-state index in [1.807, 2.05) is 17.9 Å². The van der Waals surface area contributed by atoms with Crippen molar-refractivity contribution in [2.45, 2.75) is 39.5 Å². The van der Waals surface area contributed by atoms with Gasteiger partial charge in [0.25, 0.3) is 0 Å². The molecule has 0 bridgehead atoms.